The molecule has 28 heavy (non-hydrogen) atoms. The lowest BCUT2D eigenvalue weighted by Gasteiger charge is -2.07. The van der Waals surface area contributed by atoms with Crippen LogP contribution in [0.15, 0.2) is 59.1 Å². The first-order valence-electron chi connectivity index (χ1n) is 8.72. The number of rotatable bonds is 4. The maximum absolute atomic E-state index is 6.11. The standard InChI is InChI=1S/C20H16N6O2/c1-27-16-9-5-8-13-15-11-14(24-26(15)20(21)23-18(13)16)19-22-17(25-28-19)10-12-6-3-2-4-7-12/h2-9,11H,10H2,1H3,(H2,21,23). The van der Waals surface area contributed by atoms with Gasteiger partial charge in [-0.2, -0.15) is 14.6 Å². The van der Waals surface area contributed by atoms with Crippen molar-refractivity contribution in [3.8, 4) is 17.3 Å². The van der Waals surface area contributed by atoms with Crippen LogP contribution in [0.2, 0.25) is 0 Å². The minimum absolute atomic E-state index is 0.252. The monoisotopic (exact) mass is 372 g/mol. The van der Waals surface area contributed by atoms with Gasteiger partial charge in [0.25, 0.3) is 5.89 Å². The predicted octanol–water partition coefficient (Wildman–Crippen LogP) is 3.11. The van der Waals surface area contributed by atoms with E-state index in [2.05, 4.69) is 20.2 Å². The Balaban J connectivity index is 1.59. The number of ether oxygens (including phenoxy) is 1. The summed E-state index contributed by atoms with van der Waals surface area (Å²) < 4.78 is 12.4. The molecule has 0 aliphatic carbocycles. The molecular weight excluding hydrogens is 356 g/mol. The van der Waals surface area contributed by atoms with Crippen LogP contribution in [0.3, 0.4) is 0 Å². The van der Waals surface area contributed by atoms with Crippen molar-refractivity contribution in [2.45, 2.75) is 6.42 Å². The average molecular weight is 372 g/mol. The number of benzene rings is 2. The quantitative estimate of drug-likeness (QED) is 0.517. The zero-order valence-corrected chi connectivity index (χ0v) is 15.0. The molecule has 0 amide bonds. The molecule has 0 spiro atoms. The fraction of sp³-hybridized carbons (Fsp3) is 0.100. The first-order valence-corrected chi connectivity index (χ1v) is 8.72. The van der Waals surface area contributed by atoms with Crippen molar-refractivity contribution in [3.63, 3.8) is 0 Å². The Bertz CT molecular complexity index is 1290. The van der Waals surface area contributed by atoms with Crippen LogP contribution >= 0.6 is 0 Å². The third-order valence-electron chi connectivity index (χ3n) is 4.54. The van der Waals surface area contributed by atoms with Gasteiger partial charge in [0.2, 0.25) is 5.95 Å². The Morgan fingerprint density at radius 1 is 1.07 bits per heavy atom. The number of methoxy groups -OCH3 is 1. The molecule has 0 aliphatic heterocycles. The molecule has 0 bridgehead atoms. The highest BCUT2D eigenvalue weighted by molar-refractivity contribution is 5.98. The fourth-order valence-corrected chi connectivity index (χ4v) is 3.23. The van der Waals surface area contributed by atoms with Crippen LogP contribution in [0.1, 0.15) is 11.4 Å². The number of fused-ring (bicyclic) bond motifs is 3. The maximum Gasteiger partial charge on any atom is 0.278 e. The molecule has 3 aromatic heterocycles. The highest BCUT2D eigenvalue weighted by Crippen LogP contribution is 2.30. The Hall–Kier alpha value is -3.94. The summed E-state index contributed by atoms with van der Waals surface area (Å²) in [5, 5.41) is 9.44. The van der Waals surface area contributed by atoms with Crippen molar-refractivity contribution >= 4 is 22.4 Å². The lowest BCUT2D eigenvalue weighted by atomic mass is 10.1. The van der Waals surface area contributed by atoms with Crippen molar-refractivity contribution in [2.75, 3.05) is 12.8 Å². The van der Waals surface area contributed by atoms with E-state index >= 15 is 0 Å². The number of nitrogens with zero attached hydrogens (tertiary/aromatic N) is 5. The number of anilines is 1. The van der Waals surface area contributed by atoms with Gasteiger partial charge in [-0.15, -0.1) is 0 Å². The van der Waals surface area contributed by atoms with E-state index in [-0.39, 0.29) is 5.95 Å². The molecule has 0 aliphatic rings. The number of aromatic nitrogens is 5. The lowest BCUT2D eigenvalue weighted by molar-refractivity contribution is 0.419. The molecule has 5 aromatic rings. The molecule has 0 saturated heterocycles. The second-order valence-electron chi connectivity index (χ2n) is 6.33. The van der Waals surface area contributed by atoms with Crippen LogP contribution in [0.25, 0.3) is 28.0 Å². The molecule has 3 heterocycles. The van der Waals surface area contributed by atoms with Crippen LogP contribution in [0.4, 0.5) is 5.95 Å². The van der Waals surface area contributed by atoms with Gasteiger partial charge < -0.3 is 15.0 Å². The van der Waals surface area contributed by atoms with Crippen LogP contribution in [0.5, 0.6) is 5.75 Å². The van der Waals surface area contributed by atoms with Crippen LogP contribution < -0.4 is 10.5 Å². The average Bonchev–Trinajstić information content (AvgIpc) is 3.36. The molecule has 8 nitrogen and oxygen atoms in total. The number of nitrogen functional groups attached to an aromatic ring is 1. The second-order valence-corrected chi connectivity index (χ2v) is 6.33. The van der Waals surface area contributed by atoms with E-state index in [1.165, 1.54) is 0 Å². The number of hydrogen-bond acceptors (Lipinski definition) is 7. The molecule has 0 saturated carbocycles. The van der Waals surface area contributed by atoms with Crippen molar-refractivity contribution in [1.29, 1.82) is 0 Å². The van der Waals surface area contributed by atoms with Gasteiger partial charge in [0.1, 0.15) is 11.3 Å². The Morgan fingerprint density at radius 3 is 2.75 bits per heavy atom. The summed E-state index contributed by atoms with van der Waals surface area (Å²) in [6.45, 7) is 0. The fourth-order valence-electron chi connectivity index (χ4n) is 3.23. The predicted molar refractivity (Wildman–Crippen MR) is 104 cm³/mol. The van der Waals surface area contributed by atoms with E-state index in [1.54, 1.807) is 11.6 Å². The normalized spacial score (nSPS) is 11.3. The zero-order chi connectivity index (χ0) is 19.1. The van der Waals surface area contributed by atoms with E-state index in [4.69, 9.17) is 15.0 Å². The summed E-state index contributed by atoms with van der Waals surface area (Å²) in [6, 6.07) is 17.5. The Morgan fingerprint density at radius 2 is 1.93 bits per heavy atom. The molecule has 0 atom stereocenters. The van der Waals surface area contributed by atoms with Crippen molar-refractivity contribution in [1.82, 2.24) is 24.7 Å². The summed E-state index contributed by atoms with van der Waals surface area (Å²) in [7, 11) is 1.60. The van der Waals surface area contributed by atoms with Gasteiger partial charge >= 0.3 is 0 Å². The Kier molecular flexibility index (Phi) is 3.68. The van der Waals surface area contributed by atoms with Crippen molar-refractivity contribution in [2.24, 2.45) is 0 Å². The Labute approximate surface area is 159 Å². The topological polar surface area (TPSA) is 104 Å². The summed E-state index contributed by atoms with van der Waals surface area (Å²) in [6.07, 6.45) is 0.585. The minimum Gasteiger partial charge on any atom is -0.494 e. The second kappa shape index (κ2) is 6.34. The van der Waals surface area contributed by atoms with Crippen molar-refractivity contribution in [3.05, 3.63) is 66.0 Å². The smallest absolute Gasteiger partial charge is 0.278 e. The van der Waals surface area contributed by atoms with Crippen LogP contribution in [0, 0.1) is 0 Å². The van der Waals surface area contributed by atoms with E-state index in [0.717, 1.165) is 16.5 Å². The third kappa shape index (κ3) is 2.62. The van der Waals surface area contributed by atoms with E-state index < -0.39 is 0 Å². The zero-order valence-electron chi connectivity index (χ0n) is 15.0. The molecule has 8 heteroatoms. The van der Waals surface area contributed by atoms with Gasteiger partial charge in [-0.3, -0.25) is 0 Å². The first-order chi connectivity index (χ1) is 13.7. The van der Waals surface area contributed by atoms with Gasteiger partial charge in [0.05, 0.1) is 12.6 Å². The van der Waals surface area contributed by atoms with Gasteiger partial charge in [-0.1, -0.05) is 47.6 Å². The van der Waals surface area contributed by atoms with Gasteiger partial charge in [0, 0.05) is 11.8 Å². The van der Waals surface area contributed by atoms with E-state index in [0.29, 0.717) is 35.1 Å². The molecule has 0 unspecified atom stereocenters. The highest BCUT2D eigenvalue weighted by Gasteiger charge is 2.17. The number of para-hydroxylation sites is 1. The number of hydrogen-bond donors (Lipinski definition) is 1. The molecular formula is C20H16N6O2. The minimum atomic E-state index is 0.252. The number of nitrogens with two attached hydrogens (primary N) is 1. The van der Waals surface area contributed by atoms with Crippen LogP contribution in [-0.2, 0) is 6.42 Å². The largest absolute Gasteiger partial charge is 0.494 e. The molecule has 5 rings (SSSR count). The van der Waals surface area contributed by atoms with Gasteiger partial charge in [-0.25, -0.2) is 4.98 Å². The third-order valence-corrected chi connectivity index (χ3v) is 4.54. The van der Waals surface area contributed by atoms with E-state index in [9.17, 15) is 0 Å². The molecule has 2 N–H and O–H groups in total. The summed E-state index contributed by atoms with van der Waals surface area (Å²) in [5.41, 5.74) is 9.23. The van der Waals surface area contributed by atoms with Crippen molar-refractivity contribution < 1.29 is 9.26 Å². The van der Waals surface area contributed by atoms with Gasteiger partial charge in [0.15, 0.2) is 11.5 Å². The first kappa shape index (κ1) is 16.2. The summed E-state index contributed by atoms with van der Waals surface area (Å²) >= 11 is 0. The SMILES string of the molecule is COc1cccc2c1nc(N)n1nc(-c3nc(Cc4ccccc4)no3)cc21. The lowest BCUT2D eigenvalue weighted by Crippen LogP contribution is -2.03. The van der Waals surface area contributed by atoms with Crippen LogP contribution in [-0.4, -0.2) is 31.8 Å². The molecule has 0 fully saturated rings. The molecule has 2 aromatic carbocycles. The summed E-state index contributed by atoms with van der Waals surface area (Å²) in [4.78, 5) is 8.90. The maximum atomic E-state index is 6.11. The summed E-state index contributed by atoms with van der Waals surface area (Å²) in [5.74, 6) is 1.83. The van der Waals surface area contributed by atoms with Gasteiger partial charge in [-0.05, 0) is 17.7 Å². The van der Waals surface area contributed by atoms with E-state index in [1.807, 2.05) is 54.6 Å². The molecule has 0 radical (unpaired) electrons. The highest BCUT2D eigenvalue weighted by atomic mass is 16.5. The molecule has 138 valence electrons.